The normalized spacial score (nSPS) is 12.6. The molecular formula is C11H11BrFN3S. The Morgan fingerprint density at radius 3 is 2.94 bits per heavy atom. The topological polar surface area (TPSA) is 50.9 Å². The predicted molar refractivity (Wildman–Crippen MR) is 70.0 cm³/mol. The predicted octanol–water partition coefficient (Wildman–Crippen LogP) is 2.79. The van der Waals surface area contributed by atoms with Crippen LogP contribution in [0.25, 0.3) is 0 Å². The highest BCUT2D eigenvalue weighted by atomic mass is 79.9. The Hall–Kier alpha value is -0.820. The van der Waals surface area contributed by atoms with E-state index in [4.69, 9.17) is 5.84 Å². The van der Waals surface area contributed by atoms with Crippen molar-refractivity contribution in [3.05, 3.63) is 50.6 Å². The van der Waals surface area contributed by atoms with E-state index in [-0.39, 0.29) is 11.9 Å². The van der Waals surface area contributed by atoms with Crippen molar-refractivity contribution in [1.82, 2.24) is 10.4 Å². The van der Waals surface area contributed by atoms with Crippen molar-refractivity contribution in [2.24, 2.45) is 5.84 Å². The van der Waals surface area contributed by atoms with E-state index in [2.05, 4.69) is 26.3 Å². The minimum atomic E-state index is -0.269. The maximum atomic E-state index is 13.0. The fraction of sp³-hybridized carbons (Fsp3) is 0.182. The summed E-state index contributed by atoms with van der Waals surface area (Å²) in [5, 5.41) is 0. The molecule has 1 aromatic carbocycles. The lowest BCUT2D eigenvalue weighted by Crippen LogP contribution is -2.29. The van der Waals surface area contributed by atoms with Gasteiger partial charge in [-0.3, -0.25) is 16.3 Å². The number of hydrazine groups is 1. The Labute approximate surface area is 111 Å². The van der Waals surface area contributed by atoms with Crippen molar-refractivity contribution < 1.29 is 4.39 Å². The van der Waals surface area contributed by atoms with Gasteiger partial charge in [0, 0.05) is 22.0 Å². The van der Waals surface area contributed by atoms with Crippen LogP contribution in [0, 0.1) is 5.82 Å². The van der Waals surface area contributed by atoms with Gasteiger partial charge in [-0.1, -0.05) is 22.0 Å². The van der Waals surface area contributed by atoms with Gasteiger partial charge in [-0.15, -0.1) is 11.3 Å². The summed E-state index contributed by atoms with van der Waals surface area (Å²) >= 11 is 4.92. The third-order valence-corrected chi connectivity index (χ3v) is 3.92. The molecule has 17 heavy (non-hydrogen) atoms. The van der Waals surface area contributed by atoms with Crippen LogP contribution >= 0.6 is 27.3 Å². The highest BCUT2D eigenvalue weighted by Crippen LogP contribution is 2.27. The molecule has 2 rings (SSSR count). The largest absolute Gasteiger partial charge is 0.271 e. The third-order valence-electron chi connectivity index (χ3n) is 2.43. The van der Waals surface area contributed by atoms with Crippen LogP contribution in [0.3, 0.4) is 0 Å². The third kappa shape index (κ3) is 3.10. The summed E-state index contributed by atoms with van der Waals surface area (Å²) in [6.45, 7) is 0. The van der Waals surface area contributed by atoms with E-state index in [1.807, 2.05) is 6.20 Å². The molecule has 0 amide bonds. The Bertz CT molecular complexity index is 489. The van der Waals surface area contributed by atoms with Gasteiger partial charge in [0.1, 0.15) is 5.82 Å². The van der Waals surface area contributed by atoms with E-state index in [1.165, 1.54) is 12.1 Å². The van der Waals surface area contributed by atoms with Crippen molar-refractivity contribution in [3.8, 4) is 0 Å². The van der Waals surface area contributed by atoms with Gasteiger partial charge in [0.05, 0.1) is 11.6 Å². The molecule has 90 valence electrons. The molecule has 3 N–H and O–H groups in total. The number of aromatic nitrogens is 1. The lowest BCUT2D eigenvalue weighted by molar-refractivity contribution is 0.550. The molecule has 1 unspecified atom stereocenters. The molecule has 2 aromatic rings. The number of rotatable bonds is 4. The zero-order valence-corrected chi connectivity index (χ0v) is 11.3. The van der Waals surface area contributed by atoms with Crippen LogP contribution in [0.2, 0.25) is 0 Å². The molecule has 1 heterocycles. The first kappa shape index (κ1) is 12.6. The summed E-state index contributed by atoms with van der Waals surface area (Å²) in [6, 6.07) is 4.53. The second-order valence-electron chi connectivity index (χ2n) is 3.56. The lowest BCUT2D eigenvalue weighted by Gasteiger charge is -2.16. The van der Waals surface area contributed by atoms with Crippen LogP contribution in [-0.4, -0.2) is 4.98 Å². The molecule has 0 saturated carbocycles. The smallest absolute Gasteiger partial charge is 0.124 e. The quantitative estimate of drug-likeness (QED) is 0.674. The molecule has 6 heteroatoms. The van der Waals surface area contributed by atoms with Gasteiger partial charge in [0.15, 0.2) is 0 Å². The number of hydrogen-bond donors (Lipinski definition) is 2. The Balaban J connectivity index is 2.23. The molecule has 0 saturated heterocycles. The summed E-state index contributed by atoms with van der Waals surface area (Å²) in [7, 11) is 0. The number of nitrogens with two attached hydrogens (primary N) is 1. The summed E-state index contributed by atoms with van der Waals surface area (Å²) in [6.07, 6.45) is 2.54. The Morgan fingerprint density at radius 2 is 2.35 bits per heavy atom. The van der Waals surface area contributed by atoms with Gasteiger partial charge in [0.25, 0.3) is 0 Å². The first-order valence-electron chi connectivity index (χ1n) is 4.99. The number of thiazole rings is 1. The average molecular weight is 316 g/mol. The van der Waals surface area contributed by atoms with E-state index in [1.54, 1.807) is 22.9 Å². The monoisotopic (exact) mass is 315 g/mol. The van der Waals surface area contributed by atoms with Crippen molar-refractivity contribution in [2.75, 3.05) is 0 Å². The summed E-state index contributed by atoms with van der Waals surface area (Å²) in [5.74, 6) is 5.28. The first-order chi connectivity index (χ1) is 8.20. The highest BCUT2D eigenvalue weighted by Gasteiger charge is 2.14. The summed E-state index contributed by atoms with van der Waals surface area (Å²) < 4.78 is 13.7. The maximum Gasteiger partial charge on any atom is 0.124 e. The highest BCUT2D eigenvalue weighted by molar-refractivity contribution is 9.10. The number of nitrogens with one attached hydrogen (secondary N) is 1. The maximum absolute atomic E-state index is 13.0. The summed E-state index contributed by atoms with van der Waals surface area (Å²) in [4.78, 5) is 5.15. The van der Waals surface area contributed by atoms with Gasteiger partial charge < -0.3 is 0 Å². The van der Waals surface area contributed by atoms with E-state index < -0.39 is 0 Å². The fourth-order valence-electron chi connectivity index (χ4n) is 1.59. The van der Waals surface area contributed by atoms with Crippen LogP contribution in [-0.2, 0) is 6.42 Å². The second-order valence-corrected chi connectivity index (χ2v) is 5.38. The molecule has 0 bridgehead atoms. The van der Waals surface area contributed by atoms with Crippen molar-refractivity contribution in [3.63, 3.8) is 0 Å². The molecule has 1 aromatic heterocycles. The van der Waals surface area contributed by atoms with Crippen LogP contribution < -0.4 is 11.3 Å². The standard InChI is InChI=1S/C11H11BrFN3S/c12-10-3-7(13)1-2-9(10)11(16-14)4-8-5-15-6-17-8/h1-3,5-6,11,16H,4,14H2. The van der Waals surface area contributed by atoms with Gasteiger partial charge in [-0.25, -0.2) is 4.39 Å². The molecule has 3 nitrogen and oxygen atoms in total. The number of hydrogen-bond acceptors (Lipinski definition) is 4. The molecule has 0 fully saturated rings. The molecule has 0 aliphatic rings. The van der Waals surface area contributed by atoms with E-state index >= 15 is 0 Å². The average Bonchev–Trinajstić information content (AvgIpc) is 2.79. The first-order valence-corrected chi connectivity index (χ1v) is 6.66. The SMILES string of the molecule is NNC(Cc1cncs1)c1ccc(F)cc1Br. The van der Waals surface area contributed by atoms with Crippen LogP contribution in [0.15, 0.2) is 34.4 Å². The zero-order chi connectivity index (χ0) is 12.3. The minimum absolute atomic E-state index is 0.0644. The molecule has 0 aliphatic carbocycles. The fourth-order valence-corrected chi connectivity index (χ4v) is 2.86. The van der Waals surface area contributed by atoms with Crippen LogP contribution in [0.5, 0.6) is 0 Å². The number of halogens is 2. The Morgan fingerprint density at radius 1 is 1.53 bits per heavy atom. The van der Waals surface area contributed by atoms with Crippen molar-refractivity contribution >= 4 is 27.3 Å². The molecule has 0 radical (unpaired) electrons. The van der Waals surface area contributed by atoms with Gasteiger partial charge in [-0.2, -0.15) is 0 Å². The Kier molecular flexibility index (Phi) is 4.22. The van der Waals surface area contributed by atoms with E-state index in [0.29, 0.717) is 4.47 Å². The van der Waals surface area contributed by atoms with E-state index in [9.17, 15) is 4.39 Å². The molecular weight excluding hydrogens is 305 g/mol. The second kappa shape index (κ2) is 5.68. The summed E-state index contributed by atoms with van der Waals surface area (Å²) in [5.41, 5.74) is 5.46. The van der Waals surface area contributed by atoms with Crippen molar-refractivity contribution in [1.29, 1.82) is 0 Å². The molecule has 1 atom stereocenters. The minimum Gasteiger partial charge on any atom is -0.271 e. The lowest BCUT2D eigenvalue weighted by atomic mass is 10.0. The van der Waals surface area contributed by atoms with Gasteiger partial charge >= 0.3 is 0 Å². The van der Waals surface area contributed by atoms with Crippen LogP contribution in [0.1, 0.15) is 16.5 Å². The van der Waals surface area contributed by atoms with Gasteiger partial charge in [-0.05, 0) is 17.7 Å². The van der Waals surface area contributed by atoms with Crippen molar-refractivity contribution in [2.45, 2.75) is 12.5 Å². The van der Waals surface area contributed by atoms with E-state index in [0.717, 1.165) is 16.9 Å². The number of benzene rings is 1. The molecule has 0 aliphatic heterocycles. The number of nitrogens with zero attached hydrogens (tertiary/aromatic N) is 1. The molecule has 0 spiro atoms. The van der Waals surface area contributed by atoms with Gasteiger partial charge in [0.2, 0.25) is 0 Å². The van der Waals surface area contributed by atoms with Crippen LogP contribution in [0.4, 0.5) is 4.39 Å². The zero-order valence-electron chi connectivity index (χ0n) is 8.86.